The summed E-state index contributed by atoms with van der Waals surface area (Å²) in [5, 5.41) is 0.791. The average Bonchev–Trinajstić information content (AvgIpc) is 2.98. The van der Waals surface area contributed by atoms with E-state index in [2.05, 4.69) is 4.98 Å². The van der Waals surface area contributed by atoms with E-state index in [1.165, 1.54) is 12.0 Å². The van der Waals surface area contributed by atoms with Crippen molar-refractivity contribution in [2.24, 2.45) is 0 Å². The van der Waals surface area contributed by atoms with E-state index in [1.54, 1.807) is 30.6 Å². The SMILES string of the molecule is CCN(CCc1ccncc1)C1=C(c2ccc(Cl)cc2Cl)C(=O)N(CCOC)C1=O. The first-order valence-electron chi connectivity index (χ1n) is 9.66. The highest BCUT2D eigenvalue weighted by Gasteiger charge is 2.41. The first-order valence-corrected chi connectivity index (χ1v) is 10.4. The van der Waals surface area contributed by atoms with Gasteiger partial charge >= 0.3 is 0 Å². The van der Waals surface area contributed by atoms with Gasteiger partial charge in [0.15, 0.2) is 0 Å². The number of pyridine rings is 1. The quantitative estimate of drug-likeness (QED) is 0.548. The molecule has 0 atom stereocenters. The van der Waals surface area contributed by atoms with E-state index in [-0.39, 0.29) is 25.0 Å². The average molecular weight is 448 g/mol. The molecule has 1 aromatic heterocycles. The number of likely N-dealkylation sites (N-methyl/N-ethyl adjacent to an activating group) is 1. The number of hydrogen-bond donors (Lipinski definition) is 0. The van der Waals surface area contributed by atoms with Gasteiger partial charge in [0.05, 0.1) is 23.7 Å². The van der Waals surface area contributed by atoms with Gasteiger partial charge in [0.25, 0.3) is 11.8 Å². The summed E-state index contributed by atoms with van der Waals surface area (Å²) in [7, 11) is 1.53. The van der Waals surface area contributed by atoms with Crippen LogP contribution in [0.25, 0.3) is 5.57 Å². The van der Waals surface area contributed by atoms with Crippen LogP contribution in [0.4, 0.5) is 0 Å². The Morgan fingerprint density at radius 1 is 1.10 bits per heavy atom. The molecule has 0 spiro atoms. The molecule has 0 unspecified atom stereocenters. The fraction of sp³-hybridized carbons (Fsp3) is 0.318. The monoisotopic (exact) mass is 447 g/mol. The second kappa shape index (κ2) is 10.1. The summed E-state index contributed by atoms with van der Waals surface area (Å²) in [6, 6.07) is 8.79. The van der Waals surface area contributed by atoms with Gasteiger partial charge in [0, 0.05) is 43.2 Å². The summed E-state index contributed by atoms with van der Waals surface area (Å²) in [6.45, 7) is 3.52. The van der Waals surface area contributed by atoms with Crippen molar-refractivity contribution < 1.29 is 14.3 Å². The highest BCUT2D eigenvalue weighted by Crippen LogP contribution is 2.36. The molecule has 2 aromatic rings. The van der Waals surface area contributed by atoms with Crippen molar-refractivity contribution in [3.05, 3.63) is 69.6 Å². The zero-order valence-electron chi connectivity index (χ0n) is 16.9. The Bertz CT molecular complexity index is 963. The normalized spacial score (nSPS) is 14.1. The van der Waals surface area contributed by atoms with Gasteiger partial charge in [0.1, 0.15) is 5.70 Å². The number of methoxy groups -OCH3 is 1. The number of nitrogens with zero attached hydrogens (tertiary/aromatic N) is 3. The van der Waals surface area contributed by atoms with Gasteiger partial charge in [-0.1, -0.05) is 29.3 Å². The summed E-state index contributed by atoms with van der Waals surface area (Å²) in [5.74, 6) is -0.715. The molecule has 0 aliphatic carbocycles. The number of carbonyl (C=O) groups is 2. The smallest absolute Gasteiger partial charge is 0.277 e. The van der Waals surface area contributed by atoms with E-state index >= 15 is 0 Å². The Balaban J connectivity index is 2.01. The number of halogens is 2. The van der Waals surface area contributed by atoms with E-state index < -0.39 is 0 Å². The predicted molar refractivity (Wildman–Crippen MR) is 117 cm³/mol. The molecule has 0 saturated heterocycles. The van der Waals surface area contributed by atoms with Crippen LogP contribution in [0.1, 0.15) is 18.1 Å². The molecule has 1 aliphatic rings. The van der Waals surface area contributed by atoms with Crippen molar-refractivity contribution in [3.63, 3.8) is 0 Å². The third kappa shape index (κ3) is 4.67. The van der Waals surface area contributed by atoms with Gasteiger partial charge in [-0.05, 0) is 43.2 Å². The minimum atomic E-state index is -0.376. The fourth-order valence-corrected chi connectivity index (χ4v) is 3.92. The lowest BCUT2D eigenvalue weighted by Gasteiger charge is -2.25. The molecule has 0 bridgehead atoms. The predicted octanol–water partition coefficient (Wildman–Crippen LogP) is 3.68. The highest BCUT2D eigenvalue weighted by atomic mass is 35.5. The van der Waals surface area contributed by atoms with Crippen molar-refractivity contribution in [3.8, 4) is 0 Å². The molecular formula is C22H23Cl2N3O3. The van der Waals surface area contributed by atoms with Crippen molar-refractivity contribution in [1.29, 1.82) is 0 Å². The van der Waals surface area contributed by atoms with Crippen LogP contribution in [0, 0.1) is 0 Å². The standard InChI is InChI=1S/C22H23Cl2N3O3/c1-3-26(11-8-15-6-9-25-10-7-15)20-19(17-5-4-16(23)14-18(17)24)21(28)27(22(20)29)12-13-30-2/h4-7,9-10,14H,3,8,11-13H2,1-2H3. The van der Waals surface area contributed by atoms with Crippen LogP contribution in [0.15, 0.2) is 48.4 Å². The summed E-state index contributed by atoms with van der Waals surface area (Å²) < 4.78 is 5.08. The minimum absolute atomic E-state index is 0.175. The zero-order chi connectivity index (χ0) is 21.7. The number of aromatic nitrogens is 1. The molecule has 2 heterocycles. The Morgan fingerprint density at radius 2 is 1.83 bits per heavy atom. The van der Waals surface area contributed by atoms with Gasteiger partial charge in [-0.3, -0.25) is 19.5 Å². The van der Waals surface area contributed by atoms with Crippen LogP contribution >= 0.6 is 23.2 Å². The molecular weight excluding hydrogens is 425 g/mol. The number of amides is 2. The maximum absolute atomic E-state index is 13.3. The minimum Gasteiger partial charge on any atom is -0.383 e. The number of benzene rings is 1. The largest absolute Gasteiger partial charge is 0.383 e. The maximum Gasteiger partial charge on any atom is 0.277 e. The third-order valence-corrected chi connectivity index (χ3v) is 5.53. The van der Waals surface area contributed by atoms with Crippen LogP contribution in [0.2, 0.25) is 10.0 Å². The lowest BCUT2D eigenvalue weighted by atomic mass is 10.0. The summed E-state index contributed by atoms with van der Waals surface area (Å²) in [6.07, 6.45) is 4.18. The van der Waals surface area contributed by atoms with E-state index in [4.69, 9.17) is 27.9 Å². The van der Waals surface area contributed by atoms with E-state index in [0.29, 0.717) is 46.4 Å². The van der Waals surface area contributed by atoms with Crippen molar-refractivity contribution in [2.45, 2.75) is 13.3 Å². The Kier molecular flexibility index (Phi) is 7.48. The maximum atomic E-state index is 13.3. The van der Waals surface area contributed by atoms with Crippen molar-refractivity contribution >= 4 is 40.6 Å². The van der Waals surface area contributed by atoms with Gasteiger partial charge in [0.2, 0.25) is 0 Å². The number of carbonyl (C=O) groups excluding carboxylic acids is 2. The topological polar surface area (TPSA) is 62.7 Å². The van der Waals surface area contributed by atoms with Crippen LogP contribution in [0.5, 0.6) is 0 Å². The van der Waals surface area contributed by atoms with E-state index in [0.717, 1.165) is 5.56 Å². The molecule has 6 nitrogen and oxygen atoms in total. The molecule has 3 rings (SSSR count). The van der Waals surface area contributed by atoms with Gasteiger partial charge in [-0.15, -0.1) is 0 Å². The number of imide groups is 1. The fourth-order valence-electron chi connectivity index (χ4n) is 3.42. The van der Waals surface area contributed by atoms with E-state index in [9.17, 15) is 9.59 Å². The first kappa shape index (κ1) is 22.3. The molecule has 158 valence electrons. The van der Waals surface area contributed by atoms with Crippen LogP contribution in [-0.4, -0.2) is 59.9 Å². The second-order valence-electron chi connectivity index (χ2n) is 6.79. The molecule has 0 saturated carbocycles. The Labute approximate surface area is 186 Å². The molecule has 0 fully saturated rings. The first-order chi connectivity index (χ1) is 14.5. The van der Waals surface area contributed by atoms with E-state index in [1.807, 2.05) is 24.0 Å². The molecule has 8 heteroatoms. The van der Waals surface area contributed by atoms with Crippen LogP contribution < -0.4 is 0 Å². The van der Waals surface area contributed by atoms with Crippen molar-refractivity contribution in [1.82, 2.24) is 14.8 Å². The van der Waals surface area contributed by atoms with Crippen LogP contribution in [-0.2, 0) is 20.7 Å². The van der Waals surface area contributed by atoms with Crippen molar-refractivity contribution in [2.75, 3.05) is 33.4 Å². The molecule has 0 radical (unpaired) electrons. The van der Waals surface area contributed by atoms with Crippen LogP contribution in [0.3, 0.4) is 0 Å². The number of ether oxygens (including phenoxy) is 1. The lowest BCUT2D eigenvalue weighted by Crippen LogP contribution is -2.37. The second-order valence-corrected chi connectivity index (χ2v) is 7.63. The zero-order valence-corrected chi connectivity index (χ0v) is 18.4. The third-order valence-electron chi connectivity index (χ3n) is 4.98. The lowest BCUT2D eigenvalue weighted by molar-refractivity contribution is -0.138. The Hall–Kier alpha value is -2.41. The molecule has 30 heavy (non-hydrogen) atoms. The summed E-state index contributed by atoms with van der Waals surface area (Å²) in [4.78, 5) is 33.7. The highest BCUT2D eigenvalue weighted by molar-refractivity contribution is 6.41. The molecule has 0 N–H and O–H groups in total. The number of hydrogen-bond acceptors (Lipinski definition) is 5. The summed E-state index contributed by atoms with van der Waals surface area (Å²) >= 11 is 12.4. The van der Waals surface area contributed by atoms with Gasteiger partial charge in [-0.2, -0.15) is 0 Å². The molecule has 1 aliphatic heterocycles. The van der Waals surface area contributed by atoms with Gasteiger partial charge in [-0.25, -0.2) is 0 Å². The molecule has 1 aromatic carbocycles. The van der Waals surface area contributed by atoms with Gasteiger partial charge < -0.3 is 9.64 Å². The Morgan fingerprint density at radius 3 is 2.47 bits per heavy atom. The number of rotatable bonds is 9. The summed E-state index contributed by atoms with van der Waals surface area (Å²) in [5.41, 5.74) is 2.26. The molecule has 2 amide bonds.